The van der Waals surface area contributed by atoms with Gasteiger partial charge < -0.3 is 5.32 Å². The lowest BCUT2D eigenvalue weighted by Crippen LogP contribution is -2.27. The number of ketones is 1. The summed E-state index contributed by atoms with van der Waals surface area (Å²) in [6, 6.07) is 16.1. The van der Waals surface area contributed by atoms with Gasteiger partial charge in [0.05, 0.1) is 11.4 Å². The molecule has 1 atom stereocenters. The Hall–Kier alpha value is -2.85. The van der Waals surface area contributed by atoms with Crippen molar-refractivity contribution in [2.24, 2.45) is 0 Å². The number of carbonyl (C=O) groups is 1. The average Bonchev–Trinajstić information content (AvgIpc) is 3.04. The first-order valence-electron chi connectivity index (χ1n) is 9.99. The fraction of sp³-hybridized carbons (Fsp3) is 0.250. The first kappa shape index (κ1) is 18.2. The molecule has 5 rings (SSSR count). The lowest BCUT2D eigenvalue weighted by atomic mass is 9.76. The van der Waals surface area contributed by atoms with E-state index >= 15 is 0 Å². The number of anilines is 1. The van der Waals surface area contributed by atoms with E-state index in [0.717, 1.165) is 52.4 Å². The molecule has 2 aromatic carbocycles. The van der Waals surface area contributed by atoms with Crippen LogP contribution in [0, 0.1) is 13.8 Å². The zero-order valence-electron chi connectivity index (χ0n) is 16.5. The highest BCUT2D eigenvalue weighted by molar-refractivity contribution is 6.31. The number of rotatable bonds is 2. The molecule has 0 saturated heterocycles. The highest BCUT2D eigenvalue weighted by Gasteiger charge is 2.39. The van der Waals surface area contributed by atoms with Gasteiger partial charge in [0.2, 0.25) is 0 Å². The number of nitrogens with one attached hydrogen (secondary N) is 1. The second-order valence-electron chi connectivity index (χ2n) is 7.85. The maximum Gasteiger partial charge on any atom is 0.161 e. The number of nitrogens with zero attached hydrogens (tertiary/aromatic N) is 2. The molecule has 0 fully saturated rings. The summed E-state index contributed by atoms with van der Waals surface area (Å²) in [6.07, 6.45) is 2.31. The molecule has 1 N–H and O–H groups in total. The molecule has 1 aliphatic heterocycles. The van der Waals surface area contributed by atoms with E-state index in [1.54, 1.807) is 0 Å². The highest BCUT2D eigenvalue weighted by Crippen LogP contribution is 2.48. The molecule has 0 amide bonds. The van der Waals surface area contributed by atoms with Crippen molar-refractivity contribution < 1.29 is 4.79 Å². The predicted octanol–water partition coefficient (Wildman–Crippen LogP) is 5.71. The monoisotopic (exact) mass is 403 g/mol. The molecular weight excluding hydrogens is 382 g/mol. The van der Waals surface area contributed by atoms with E-state index in [1.165, 1.54) is 5.56 Å². The fourth-order valence-corrected chi connectivity index (χ4v) is 4.83. The number of aryl methyl sites for hydroxylation is 2. The van der Waals surface area contributed by atoms with Gasteiger partial charge in [-0.3, -0.25) is 4.79 Å². The average molecular weight is 404 g/mol. The Morgan fingerprint density at radius 1 is 1.10 bits per heavy atom. The summed E-state index contributed by atoms with van der Waals surface area (Å²) >= 11 is 6.62. The quantitative estimate of drug-likeness (QED) is 0.596. The normalized spacial score (nSPS) is 18.3. The standard InChI is InChI=1S/C24H22ClN3O/c1-14-7-5-8-16(13-14)28-24-21(15(2)27-28)22(17-9-3-4-10-18(17)25)23-19(26-24)11-6-12-20(23)29/h3-5,7-10,13,22,26H,6,11-12H2,1-2H3/t22-/m1/s1. The Balaban J connectivity index is 1.78. The molecule has 0 spiro atoms. The summed E-state index contributed by atoms with van der Waals surface area (Å²) in [5.41, 5.74) is 6.95. The molecule has 4 nitrogen and oxygen atoms in total. The van der Waals surface area contributed by atoms with Crippen molar-refractivity contribution in [1.82, 2.24) is 9.78 Å². The molecule has 0 radical (unpaired) electrons. The molecule has 1 aliphatic carbocycles. The van der Waals surface area contributed by atoms with Crippen LogP contribution < -0.4 is 5.32 Å². The van der Waals surface area contributed by atoms with Crippen LogP contribution in [-0.4, -0.2) is 15.6 Å². The molecule has 5 heteroatoms. The fourth-order valence-electron chi connectivity index (χ4n) is 4.59. The molecule has 1 aromatic heterocycles. The minimum absolute atomic E-state index is 0.193. The van der Waals surface area contributed by atoms with E-state index in [4.69, 9.17) is 16.7 Å². The summed E-state index contributed by atoms with van der Waals surface area (Å²) in [6.45, 7) is 4.09. The van der Waals surface area contributed by atoms with Crippen LogP contribution in [0.3, 0.4) is 0 Å². The maximum absolute atomic E-state index is 13.0. The zero-order chi connectivity index (χ0) is 20.1. The number of Topliss-reactive ketones (excluding diaryl/α,β-unsaturated/α-hetero) is 1. The number of hydrogen-bond donors (Lipinski definition) is 1. The molecular formula is C24H22ClN3O. The summed E-state index contributed by atoms with van der Waals surface area (Å²) < 4.78 is 1.96. The van der Waals surface area contributed by atoms with Gasteiger partial charge in [0.25, 0.3) is 0 Å². The summed E-state index contributed by atoms with van der Waals surface area (Å²) in [4.78, 5) is 13.0. The predicted molar refractivity (Wildman–Crippen MR) is 116 cm³/mol. The van der Waals surface area contributed by atoms with Crippen molar-refractivity contribution in [3.63, 3.8) is 0 Å². The zero-order valence-corrected chi connectivity index (χ0v) is 17.3. The minimum Gasteiger partial charge on any atom is -0.343 e. The summed E-state index contributed by atoms with van der Waals surface area (Å²) in [5.74, 6) is 0.949. The molecule has 3 aromatic rings. The molecule has 0 saturated carbocycles. The molecule has 2 aliphatic rings. The van der Waals surface area contributed by atoms with Gasteiger partial charge in [0, 0.05) is 34.2 Å². The Morgan fingerprint density at radius 2 is 1.93 bits per heavy atom. The maximum atomic E-state index is 13.0. The van der Waals surface area contributed by atoms with Gasteiger partial charge >= 0.3 is 0 Å². The number of allylic oxidation sites excluding steroid dienone is 2. The molecule has 2 heterocycles. The highest BCUT2D eigenvalue weighted by atomic mass is 35.5. The topological polar surface area (TPSA) is 46.9 Å². The van der Waals surface area contributed by atoms with Crippen LogP contribution in [0.2, 0.25) is 5.02 Å². The summed E-state index contributed by atoms with van der Waals surface area (Å²) in [7, 11) is 0. The van der Waals surface area contributed by atoms with Gasteiger partial charge in [-0.2, -0.15) is 5.10 Å². The van der Waals surface area contributed by atoms with Gasteiger partial charge in [-0.1, -0.05) is 41.9 Å². The Bertz CT molecular complexity index is 1170. The third kappa shape index (κ3) is 2.90. The van der Waals surface area contributed by atoms with Crippen molar-refractivity contribution in [2.75, 3.05) is 5.32 Å². The number of benzene rings is 2. The van der Waals surface area contributed by atoms with E-state index < -0.39 is 0 Å². The smallest absolute Gasteiger partial charge is 0.161 e. The van der Waals surface area contributed by atoms with Crippen LogP contribution in [0.25, 0.3) is 5.69 Å². The Morgan fingerprint density at radius 3 is 2.72 bits per heavy atom. The number of halogens is 1. The van der Waals surface area contributed by atoms with E-state index in [2.05, 4.69) is 30.4 Å². The second-order valence-corrected chi connectivity index (χ2v) is 8.25. The first-order chi connectivity index (χ1) is 14.0. The Labute approximate surface area is 175 Å². The van der Waals surface area contributed by atoms with Crippen LogP contribution in [0.5, 0.6) is 0 Å². The third-order valence-electron chi connectivity index (χ3n) is 5.87. The second kappa shape index (κ2) is 6.89. The van der Waals surface area contributed by atoms with Gasteiger partial charge in [-0.05, 0) is 56.0 Å². The van der Waals surface area contributed by atoms with Crippen LogP contribution in [-0.2, 0) is 4.79 Å². The third-order valence-corrected chi connectivity index (χ3v) is 6.22. The van der Waals surface area contributed by atoms with Crippen molar-refractivity contribution in [2.45, 2.75) is 39.0 Å². The van der Waals surface area contributed by atoms with Gasteiger partial charge in [-0.15, -0.1) is 0 Å². The van der Waals surface area contributed by atoms with Crippen molar-refractivity contribution in [3.05, 3.63) is 87.2 Å². The SMILES string of the molecule is Cc1cccc(-n2nc(C)c3c2NC2=C(C(=O)CCC2)[C@@H]3c2ccccc2Cl)c1. The molecule has 0 bridgehead atoms. The molecule has 146 valence electrons. The van der Waals surface area contributed by atoms with Crippen molar-refractivity contribution in [1.29, 1.82) is 0 Å². The summed E-state index contributed by atoms with van der Waals surface area (Å²) in [5, 5.41) is 9.12. The molecule has 0 unspecified atom stereocenters. The van der Waals surface area contributed by atoms with Crippen LogP contribution in [0.15, 0.2) is 59.8 Å². The lowest BCUT2D eigenvalue weighted by Gasteiger charge is -2.33. The van der Waals surface area contributed by atoms with E-state index in [-0.39, 0.29) is 11.7 Å². The van der Waals surface area contributed by atoms with E-state index in [0.29, 0.717) is 11.4 Å². The van der Waals surface area contributed by atoms with Crippen molar-refractivity contribution >= 4 is 23.2 Å². The minimum atomic E-state index is -0.193. The van der Waals surface area contributed by atoms with Gasteiger partial charge in [-0.25, -0.2) is 4.68 Å². The molecule has 29 heavy (non-hydrogen) atoms. The van der Waals surface area contributed by atoms with Crippen LogP contribution in [0.4, 0.5) is 5.82 Å². The van der Waals surface area contributed by atoms with Gasteiger partial charge in [0.15, 0.2) is 5.78 Å². The number of carbonyl (C=O) groups excluding carboxylic acids is 1. The Kier molecular flexibility index (Phi) is 4.32. The first-order valence-corrected chi connectivity index (χ1v) is 10.4. The van der Waals surface area contributed by atoms with Crippen LogP contribution in [0.1, 0.15) is 47.6 Å². The number of hydrogen-bond acceptors (Lipinski definition) is 3. The van der Waals surface area contributed by atoms with Crippen molar-refractivity contribution in [3.8, 4) is 5.69 Å². The number of fused-ring (bicyclic) bond motifs is 1. The number of aromatic nitrogens is 2. The van der Waals surface area contributed by atoms with Gasteiger partial charge in [0.1, 0.15) is 5.82 Å². The van der Waals surface area contributed by atoms with E-state index in [1.807, 2.05) is 41.9 Å². The van der Waals surface area contributed by atoms with Crippen LogP contribution >= 0.6 is 11.6 Å². The largest absolute Gasteiger partial charge is 0.343 e. The lowest BCUT2D eigenvalue weighted by molar-refractivity contribution is -0.116. The van der Waals surface area contributed by atoms with E-state index in [9.17, 15) is 4.79 Å².